The van der Waals surface area contributed by atoms with Gasteiger partial charge < -0.3 is 30.9 Å². The standard InChI is InChI=1S/C28H29N5O2/c34-26-15-18-33(19-16-26)25-13-11-23(12-14-25)31-21-5-3-20(4-6-21)30-22-7-9-24(10-8-22)32-28(35)27-2-1-17-29-27/h1-14,17,26,29-31,34H,15-16,18-19H2,(H,32,35). The molecule has 1 fully saturated rings. The molecule has 5 N–H and O–H groups in total. The number of H-pyrrole nitrogens is 1. The first kappa shape index (κ1) is 22.6. The lowest BCUT2D eigenvalue weighted by Gasteiger charge is -2.31. The number of aliphatic hydroxyl groups is 1. The Morgan fingerprint density at radius 3 is 1.71 bits per heavy atom. The first-order valence-corrected chi connectivity index (χ1v) is 11.8. The molecule has 2 heterocycles. The molecule has 0 aliphatic carbocycles. The van der Waals surface area contributed by atoms with E-state index in [9.17, 15) is 9.90 Å². The molecule has 3 aromatic carbocycles. The second kappa shape index (κ2) is 10.4. The van der Waals surface area contributed by atoms with Crippen molar-refractivity contribution >= 4 is 40.0 Å². The van der Waals surface area contributed by atoms with Gasteiger partial charge in [-0.05, 0) is 97.8 Å². The van der Waals surface area contributed by atoms with Crippen molar-refractivity contribution in [1.82, 2.24) is 4.98 Å². The van der Waals surface area contributed by atoms with Crippen LogP contribution in [0.1, 0.15) is 23.3 Å². The molecular formula is C28H29N5O2. The van der Waals surface area contributed by atoms with E-state index < -0.39 is 0 Å². The summed E-state index contributed by atoms with van der Waals surface area (Å²) >= 11 is 0. The van der Waals surface area contributed by atoms with Crippen LogP contribution in [0.2, 0.25) is 0 Å². The highest BCUT2D eigenvalue weighted by molar-refractivity contribution is 6.03. The topological polar surface area (TPSA) is 92.4 Å². The van der Waals surface area contributed by atoms with Crippen LogP contribution >= 0.6 is 0 Å². The van der Waals surface area contributed by atoms with E-state index in [4.69, 9.17) is 0 Å². The third-order valence-electron chi connectivity index (χ3n) is 6.14. The number of amides is 1. The summed E-state index contributed by atoms with van der Waals surface area (Å²) in [6.07, 6.45) is 3.22. The van der Waals surface area contributed by atoms with Crippen LogP contribution in [0.4, 0.5) is 34.1 Å². The molecule has 4 aromatic rings. The van der Waals surface area contributed by atoms with Crippen LogP contribution in [0.15, 0.2) is 91.1 Å². The zero-order chi connectivity index (χ0) is 24.0. The Kier molecular flexibility index (Phi) is 6.68. The van der Waals surface area contributed by atoms with Gasteiger partial charge in [0.1, 0.15) is 5.69 Å². The minimum atomic E-state index is -0.167. The number of hydrogen-bond donors (Lipinski definition) is 5. The number of rotatable bonds is 7. The van der Waals surface area contributed by atoms with Crippen LogP contribution in [0.25, 0.3) is 0 Å². The molecule has 5 rings (SSSR count). The van der Waals surface area contributed by atoms with Crippen molar-refractivity contribution in [3.63, 3.8) is 0 Å². The Hall–Kier alpha value is -4.23. The summed E-state index contributed by atoms with van der Waals surface area (Å²) in [7, 11) is 0. The van der Waals surface area contributed by atoms with E-state index in [1.54, 1.807) is 18.3 Å². The highest BCUT2D eigenvalue weighted by atomic mass is 16.3. The molecule has 0 unspecified atom stereocenters. The molecule has 0 saturated carbocycles. The maximum absolute atomic E-state index is 12.1. The number of piperidine rings is 1. The SMILES string of the molecule is O=C(Nc1ccc(Nc2ccc(Nc3ccc(N4CCC(O)CC4)cc3)cc2)cc1)c1ccc[nH]1. The number of carbonyl (C=O) groups excluding carboxylic acids is 1. The fourth-order valence-corrected chi connectivity index (χ4v) is 4.16. The van der Waals surface area contributed by atoms with Gasteiger partial charge in [0.05, 0.1) is 6.10 Å². The van der Waals surface area contributed by atoms with Crippen molar-refractivity contribution in [2.75, 3.05) is 33.9 Å². The predicted molar refractivity (Wildman–Crippen MR) is 142 cm³/mol. The summed E-state index contributed by atoms with van der Waals surface area (Å²) in [6.45, 7) is 1.79. The fraction of sp³-hybridized carbons (Fsp3) is 0.179. The number of benzene rings is 3. The van der Waals surface area contributed by atoms with Crippen LogP contribution in [0.3, 0.4) is 0 Å². The quantitative estimate of drug-likeness (QED) is 0.240. The van der Waals surface area contributed by atoms with E-state index in [2.05, 4.69) is 50.1 Å². The van der Waals surface area contributed by atoms with Gasteiger partial charge in [0, 0.05) is 53.4 Å². The molecule has 178 valence electrons. The Bertz CT molecular complexity index is 1230. The van der Waals surface area contributed by atoms with E-state index in [1.807, 2.05) is 48.5 Å². The van der Waals surface area contributed by atoms with Crippen molar-refractivity contribution in [1.29, 1.82) is 0 Å². The van der Waals surface area contributed by atoms with Crippen LogP contribution < -0.4 is 20.9 Å². The number of nitrogens with zero attached hydrogens (tertiary/aromatic N) is 1. The summed E-state index contributed by atoms with van der Waals surface area (Å²) in [5, 5.41) is 19.4. The average Bonchev–Trinajstić information content (AvgIpc) is 3.43. The van der Waals surface area contributed by atoms with Crippen LogP contribution in [-0.4, -0.2) is 35.2 Å². The third kappa shape index (κ3) is 5.83. The van der Waals surface area contributed by atoms with Gasteiger partial charge in [0.15, 0.2) is 0 Å². The van der Waals surface area contributed by atoms with Crippen molar-refractivity contribution < 1.29 is 9.90 Å². The minimum Gasteiger partial charge on any atom is -0.393 e. The van der Waals surface area contributed by atoms with Gasteiger partial charge in [0.25, 0.3) is 5.91 Å². The van der Waals surface area contributed by atoms with E-state index in [0.717, 1.165) is 54.4 Å². The molecule has 7 heteroatoms. The summed E-state index contributed by atoms with van der Waals surface area (Å²) in [5.41, 5.74) is 6.40. The van der Waals surface area contributed by atoms with Crippen LogP contribution in [0.5, 0.6) is 0 Å². The first-order chi connectivity index (χ1) is 17.1. The molecule has 35 heavy (non-hydrogen) atoms. The summed E-state index contributed by atoms with van der Waals surface area (Å²) < 4.78 is 0. The number of aromatic amines is 1. The molecule has 1 aliphatic heterocycles. The minimum absolute atomic E-state index is 0.160. The van der Waals surface area contributed by atoms with Crippen molar-refractivity contribution in [3.8, 4) is 0 Å². The van der Waals surface area contributed by atoms with Gasteiger partial charge >= 0.3 is 0 Å². The first-order valence-electron chi connectivity index (χ1n) is 11.8. The van der Waals surface area contributed by atoms with Gasteiger partial charge in [-0.15, -0.1) is 0 Å². The van der Waals surface area contributed by atoms with Crippen LogP contribution in [0, 0.1) is 0 Å². The maximum atomic E-state index is 12.1. The summed E-state index contributed by atoms with van der Waals surface area (Å²) in [5.74, 6) is -0.167. The average molecular weight is 468 g/mol. The molecule has 1 aromatic heterocycles. The predicted octanol–water partition coefficient (Wildman–Crippen LogP) is 5.72. The molecule has 7 nitrogen and oxygen atoms in total. The van der Waals surface area contributed by atoms with Gasteiger partial charge in [-0.25, -0.2) is 0 Å². The Labute approximate surface area is 204 Å². The zero-order valence-electron chi connectivity index (χ0n) is 19.4. The van der Waals surface area contributed by atoms with Gasteiger partial charge in [-0.2, -0.15) is 0 Å². The molecule has 0 radical (unpaired) electrons. The third-order valence-corrected chi connectivity index (χ3v) is 6.14. The molecule has 0 spiro atoms. The highest BCUT2D eigenvalue weighted by Crippen LogP contribution is 2.25. The second-order valence-electron chi connectivity index (χ2n) is 8.71. The maximum Gasteiger partial charge on any atom is 0.272 e. The van der Waals surface area contributed by atoms with E-state index >= 15 is 0 Å². The zero-order valence-corrected chi connectivity index (χ0v) is 19.4. The number of hydrogen-bond acceptors (Lipinski definition) is 5. The molecule has 0 atom stereocenters. The molecule has 1 aliphatic rings. The van der Waals surface area contributed by atoms with E-state index in [1.165, 1.54) is 5.69 Å². The van der Waals surface area contributed by atoms with Crippen LogP contribution in [-0.2, 0) is 0 Å². The van der Waals surface area contributed by atoms with Gasteiger partial charge in [-0.1, -0.05) is 0 Å². The second-order valence-corrected chi connectivity index (χ2v) is 8.71. The van der Waals surface area contributed by atoms with Crippen molar-refractivity contribution in [3.05, 3.63) is 96.8 Å². The fourth-order valence-electron chi connectivity index (χ4n) is 4.16. The lowest BCUT2D eigenvalue weighted by molar-refractivity contribution is 0.102. The van der Waals surface area contributed by atoms with Crippen molar-refractivity contribution in [2.45, 2.75) is 18.9 Å². The smallest absolute Gasteiger partial charge is 0.272 e. The lowest BCUT2D eigenvalue weighted by Crippen LogP contribution is -2.35. The largest absolute Gasteiger partial charge is 0.393 e. The molecule has 1 amide bonds. The van der Waals surface area contributed by atoms with Gasteiger partial charge in [-0.3, -0.25) is 4.79 Å². The Balaban J connectivity index is 1.14. The molecule has 1 saturated heterocycles. The number of nitrogens with one attached hydrogen (secondary N) is 4. The summed E-state index contributed by atoms with van der Waals surface area (Å²) in [4.78, 5) is 17.4. The molecular weight excluding hydrogens is 438 g/mol. The number of aromatic nitrogens is 1. The Morgan fingerprint density at radius 1 is 0.743 bits per heavy atom. The van der Waals surface area contributed by atoms with E-state index in [0.29, 0.717) is 5.69 Å². The van der Waals surface area contributed by atoms with E-state index in [-0.39, 0.29) is 12.0 Å². The normalized spacial score (nSPS) is 13.9. The number of anilines is 6. The molecule has 0 bridgehead atoms. The van der Waals surface area contributed by atoms with Gasteiger partial charge in [0.2, 0.25) is 0 Å². The number of aliphatic hydroxyl groups excluding tert-OH is 1. The van der Waals surface area contributed by atoms with Crippen molar-refractivity contribution in [2.24, 2.45) is 0 Å². The number of carbonyl (C=O) groups is 1. The Morgan fingerprint density at radius 2 is 1.23 bits per heavy atom. The lowest BCUT2D eigenvalue weighted by atomic mass is 10.1. The highest BCUT2D eigenvalue weighted by Gasteiger charge is 2.17. The summed E-state index contributed by atoms with van der Waals surface area (Å²) in [6, 6.07) is 27.7. The monoisotopic (exact) mass is 467 g/mol.